The summed E-state index contributed by atoms with van der Waals surface area (Å²) in [5, 5.41) is 5.48. The van der Waals surface area contributed by atoms with Crippen LogP contribution in [0.4, 0.5) is 0 Å². The maximum absolute atomic E-state index is 2.37. The van der Waals surface area contributed by atoms with Crippen molar-refractivity contribution >= 4 is 30.3 Å². The molecule has 0 amide bonds. The van der Waals surface area contributed by atoms with Crippen molar-refractivity contribution in [2.75, 3.05) is 0 Å². The summed E-state index contributed by atoms with van der Waals surface area (Å²) in [7, 11) is 0. The molecule has 0 saturated heterocycles. The molecular weight excluding hydrogens is 558 g/mol. The van der Waals surface area contributed by atoms with Crippen LogP contribution in [0.5, 0.6) is 0 Å². The van der Waals surface area contributed by atoms with Gasteiger partial charge in [-0.25, -0.2) is 0 Å². The Bertz CT molecular complexity index is 1470. The van der Waals surface area contributed by atoms with Gasteiger partial charge < -0.3 is 24.8 Å². The molecule has 0 saturated carbocycles. The van der Waals surface area contributed by atoms with Crippen molar-refractivity contribution in [2.24, 2.45) is 0 Å². The van der Waals surface area contributed by atoms with Crippen LogP contribution in [0, 0.1) is 0 Å². The van der Waals surface area contributed by atoms with Gasteiger partial charge in [-0.2, -0.15) is 0 Å². The van der Waals surface area contributed by atoms with Crippen LogP contribution in [0.3, 0.4) is 0 Å². The number of hydrogen-bond donors (Lipinski definition) is 0. The second-order valence-corrected chi connectivity index (χ2v) is 9.84. The van der Waals surface area contributed by atoms with Crippen LogP contribution in [0.25, 0.3) is 27.1 Å². The van der Waals surface area contributed by atoms with Crippen molar-refractivity contribution in [1.29, 1.82) is 0 Å². The Hall–Kier alpha value is -2.44. The predicted molar refractivity (Wildman–Crippen MR) is 144 cm³/mol. The van der Waals surface area contributed by atoms with E-state index >= 15 is 0 Å². The molecule has 6 rings (SSSR count). The third-order valence-corrected chi connectivity index (χ3v) is 7.90. The number of halogens is 2. The monoisotopic (exact) mass is 583 g/mol. The molecule has 0 aliphatic heterocycles. The van der Waals surface area contributed by atoms with Crippen molar-refractivity contribution in [3.8, 4) is 0 Å². The summed E-state index contributed by atoms with van der Waals surface area (Å²) in [5.41, 5.74) is 6.99. The normalized spacial score (nSPS) is 12.1. The molecule has 0 spiro atoms. The molecule has 0 bridgehead atoms. The predicted octanol–water partition coefficient (Wildman–Crippen LogP) is 2.65. The topological polar surface area (TPSA) is 0 Å². The van der Waals surface area contributed by atoms with Gasteiger partial charge in [0.05, 0.1) is 0 Å². The van der Waals surface area contributed by atoms with Crippen LogP contribution in [-0.4, -0.2) is 3.21 Å². The fraction of sp³-hybridized carbons (Fsp3) is 0.0909. The summed E-state index contributed by atoms with van der Waals surface area (Å²) in [5.74, 6) is 0. The minimum absolute atomic E-state index is 0. The molecule has 0 unspecified atom stereocenters. The Balaban J connectivity index is 0.000000201. The van der Waals surface area contributed by atoms with E-state index < -0.39 is 0 Å². The van der Waals surface area contributed by atoms with E-state index in [1.807, 2.05) is 0 Å². The molecule has 5 aromatic carbocycles. The van der Waals surface area contributed by atoms with Gasteiger partial charge in [0.1, 0.15) is 0 Å². The van der Waals surface area contributed by atoms with Crippen LogP contribution in [0.15, 0.2) is 127 Å². The first-order valence-electron chi connectivity index (χ1n) is 11.9. The standard InChI is InChI=1S/C20H17.C13H10.2ClH.Zr/c1-2-14-10-11-16(12-14)18-8-5-9-19-17-7-4-3-6-15(17)13-20(18)19;1-3-7-12(8-4-1)11-13-9-5-2-6-10-13;;;/h3-10,12-13H,2,11H2,1H3;1-10H;2*1H;/q-1;;;;+2/p-2. The zero-order valence-corrected chi connectivity index (χ0v) is 24.2. The second kappa shape index (κ2) is 13.2. The summed E-state index contributed by atoms with van der Waals surface area (Å²) < 4.78 is 1.42. The molecule has 0 aromatic heterocycles. The van der Waals surface area contributed by atoms with Gasteiger partial charge in [0.25, 0.3) is 0 Å². The van der Waals surface area contributed by atoms with Crippen molar-refractivity contribution in [3.05, 3.63) is 144 Å². The molecule has 0 heterocycles. The SMILES string of the molecule is CCC1=CCC(c2cccc3c2[cH-]c2ccccc23)=C1.[Cl-].[Cl-].[Zr+2]=[C](c1ccccc1)c1ccccc1. The Morgan fingerprint density at radius 1 is 0.722 bits per heavy atom. The number of rotatable bonds is 4. The molecule has 1 aliphatic carbocycles. The molecule has 0 radical (unpaired) electrons. The van der Waals surface area contributed by atoms with E-state index in [4.69, 9.17) is 0 Å². The van der Waals surface area contributed by atoms with Gasteiger partial charge >= 0.3 is 99.2 Å². The van der Waals surface area contributed by atoms with Crippen LogP contribution in [0.2, 0.25) is 0 Å². The maximum atomic E-state index is 2.37. The Morgan fingerprint density at radius 2 is 1.31 bits per heavy atom. The number of fused-ring (bicyclic) bond motifs is 3. The van der Waals surface area contributed by atoms with E-state index in [2.05, 4.69) is 128 Å². The van der Waals surface area contributed by atoms with Crippen molar-refractivity contribution in [1.82, 2.24) is 0 Å². The van der Waals surface area contributed by atoms with Gasteiger partial charge in [-0.15, -0.1) is 33.7 Å². The van der Waals surface area contributed by atoms with Crippen LogP contribution in [0.1, 0.15) is 36.5 Å². The van der Waals surface area contributed by atoms with Gasteiger partial charge in [-0.1, -0.05) is 72.2 Å². The third-order valence-electron chi connectivity index (χ3n) is 6.48. The molecule has 178 valence electrons. The Kier molecular flexibility index (Phi) is 10.3. The molecule has 0 fully saturated rings. The first-order valence-corrected chi connectivity index (χ1v) is 13.1. The molecule has 36 heavy (non-hydrogen) atoms. The van der Waals surface area contributed by atoms with Crippen LogP contribution in [-0.2, 0) is 24.2 Å². The molecule has 3 heteroatoms. The zero-order chi connectivity index (χ0) is 23.3. The van der Waals surface area contributed by atoms with Crippen molar-refractivity contribution in [2.45, 2.75) is 19.8 Å². The molecule has 5 aromatic rings. The molecule has 1 aliphatic rings. The summed E-state index contributed by atoms with van der Waals surface area (Å²) >= 11 is 1.46. The quantitative estimate of drug-likeness (QED) is 0.285. The molecule has 0 nitrogen and oxygen atoms in total. The first-order chi connectivity index (χ1) is 16.7. The molecule has 0 atom stereocenters. The Labute approximate surface area is 241 Å². The number of benzene rings is 4. The van der Waals surface area contributed by atoms with E-state index in [0.717, 1.165) is 12.8 Å². The Morgan fingerprint density at radius 3 is 1.92 bits per heavy atom. The summed E-state index contributed by atoms with van der Waals surface area (Å²) in [6, 6.07) is 38.8. The van der Waals surface area contributed by atoms with E-state index in [1.54, 1.807) is 0 Å². The van der Waals surface area contributed by atoms with E-state index in [0.29, 0.717) is 0 Å². The summed E-state index contributed by atoms with van der Waals surface area (Å²) in [4.78, 5) is 0. The number of hydrogen-bond acceptors (Lipinski definition) is 0. The third kappa shape index (κ3) is 6.09. The van der Waals surface area contributed by atoms with Crippen LogP contribution < -0.4 is 24.8 Å². The van der Waals surface area contributed by atoms with E-state index in [9.17, 15) is 0 Å². The van der Waals surface area contributed by atoms with Gasteiger partial charge in [-0.3, -0.25) is 0 Å². The summed E-state index contributed by atoms with van der Waals surface area (Å²) in [6.07, 6.45) is 6.93. The zero-order valence-electron chi connectivity index (χ0n) is 20.2. The fourth-order valence-corrected chi connectivity index (χ4v) is 5.47. The van der Waals surface area contributed by atoms with E-state index in [-0.39, 0.29) is 24.8 Å². The van der Waals surface area contributed by atoms with Crippen molar-refractivity contribution in [3.63, 3.8) is 0 Å². The van der Waals surface area contributed by atoms with Gasteiger partial charge in [0.15, 0.2) is 0 Å². The van der Waals surface area contributed by atoms with Gasteiger partial charge in [0.2, 0.25) is 0 Å². The summed E-state index contributed by atoms with van der Waals surface area (Å²) in [6.45, 7) is 2.22. The second-order valence-electron chi connectivity index (χ2n) is 8.61. The fourth-order valence-electron chi connectivity index (χ4n) is 4.65. The first kappa shape index (κ1) is 28.1. The minimum atomic E-state index is 0. The molecular formula is C33H27Cl2Zr-. The molecule has 0 N–H and O–H groups in total. The van der Waals surface area contributed by atoms with E-state index in [1.165, 1.54) is 76.8 Å². The van der Waals surface area contributed by atoms with Gasteiger partial charge in [0, 0.05) is 0 Å². The van der Waals surface area contributed by atoms with Gasteiger partial charge in [-0.05, 0) is 12.8 Å². The van der Waals surface area contributed by atoms with Crippen LogP contribution >= 0.6 is 0 Å². The number of allylic oxidation sites excluding steroid dienone is 4. The average molecular weight is 586 g/mol. The average Bonchev–Trinajstić information content (AvgIpc) is 3.54. The van der Waals surface area contributed by atoms with Crippen molar-refractivity contribution < 1.29 is 49.0 Å².